The van der Waals surface area contributed by atoms with Crippen molar-refractivity contribution in [1.29, 1.82) is 0 Å². The fourth-order valence-corrected chi connectivity index (χ4v) is 2.70. The minimum atomic E-state index is 0.294. The van der Waals surface area contributed by atoms with E-state index >= 15 is 0 Å². The second-order valence-electron chi connectivity index (χ2n) is 6.19. The van der Waals surface area contributed by atoms with E-state index in [2.05, 4.69) is 13.8 Å². The van der Waals surface area contributed by atoms with Gasteiger partial charge in [0.05, 0.1) is 6.61 Å². The van der Waals surface area contributed by atoms with E-state index in [0.29, 0.717) is 30.8 Å². The topological polar surface area (TPSA) is 29.5 Å². The van der Waals surface area contributed by atoms with Crippen molar-refractivity contribution in [3.05, 3.63) is 29.3 Å². The number of halogens is 1. The lowest BCUT2D eigenvalue weighted by atomic mass is 9.97. The number of likely N-dealkylation sites (tertiary alicyclic amines) is 1. The molecule has 1 aromatic carbocycles. The molecule has 21 heavy (non-hydrogen) atoms. The Morgan fingerprint density at radius 2 is 1.90 bits per heavy atom. The number of ether oxygens (including phenoxy) is 1. The van der Waals surface area contributed by atoms with Crippen LogP contribution in [0.1, 0.15) is 33.1 Å². The first-order chi connectivity index (χ1) is 10.0. The van der Waals surface area contributed by atoms with E-state index in [1.807, 2.05) is 29.2 Å². The number of amides is 1. The summed E-state index contributed by atoms with van der Waals surface area (Å²) in [6.45, 7) is 6.61. The normalized spacial score (nSPS) is 16.3. The molecule has 0 atom stereocenters. The molecule has 0 radical (unpaired) electrons. The molecule has 0 bridgehead atoms. The van der Waals surface area contributed by atoms with Crippen molar-refractivity contribution >= 4 is 17.5 Å². The smallest absolute Gasteiger partial charge is 0.222 e. The lowest BCUT2D eigenvalue weighted by Crippen LogP contribution is -2.40. The summed E-state index contributed by atoms with van der Waals surface area (Å²) in [7, 11) is 0. The molecule has 0 aliphatic carbocycles. The van der Waals surface area contributed by atoms with Gasteiger partial charge in [-0.2, -0.15) is 0 Å². The molecule has 0 N–H and O–H groups in total. The fourth-order valence-electron chi connectivity index (χ4n) is 2.57. The van der Waals surface area contributed by atoms with Gasteiger partial charge >= 0.3 is 0 Å². The van der Waals surface area contributed by atoms with Gasteiger partial charge in [-0.25, -0.2) is 0 Å². The van der Waals surface area contributed by atoms with Crippen LogP contribution in [0.15, 0.2) is 24.3 Å². The molecule has 1 fully saturated rings. The molecular weight excluding hydrogens is 286 g/mol. The first-order valence-corrected chi connectivity index (χ1v) is 8.08. The van der Waals surface area contributed by atoms with Crippen molar-refractivity contribution in [2.75, 3.05) is 19.7 Å². The number of benzene rings is 1. The Hall–Kier alpha value is -1.22. The molecule has 0 aromatic heterocycles. The van der Waals surface area contributed by atoms with Crippen LogP contribution in [0.25, 0.3) is 0 Å². The van der Waals surface area contributed by atoms with E-state index in [1.54, 1.807) is 0 Å². The van der Waals surface area contributed by atoms with Crippen LogP contribution in [0.3, 0.4) is 0 Å². The Balaban J connectivity index is 1.71. The molecule has 3 nitrogen and oxygen atoms in total. The second kappa shape index (κ2) is 7.69. The zero-order chi connectivity index (χ0) is 15.2. The first kappa shape index (κ1) is 16.2. The summed E-state index contributed by atoms with van der Waals surface area (Å²) in [4.78, 5) is 14.0. The maximum Gasteiger partial charge on any atom is 0.222 e. The molecule has 0 spiro atoms. The van der Waals surface area contributed by atoms with Crippen LogP contribution in [-0.4, -0.2) is 30.5 Å². The molecule has 1 aromatic rings. The summed E-state index contributed by atoms with van der Waals surface area (Å²) in [5.74, 6) is 2.12. The van der Waals surface area contributed by atoms with Gasteiger partial charge in [0.25, 0.3) is 0 Å². The number of hydrogen-bond donors (Lipinski definition) is 0. The summed E-state index contributed by atoms with van der Waals surface area (Å²) < 4.78 is 5.80. The van der Waals surface area contributed by atoms with Gasteiger partial charge in [0.1, 0.15) is 5.75 Å². The molecule has 1 aliphatic heterocycles. The highest BCUT2D eigenvalue weighted by Gasteiger charge is 2.23. The lowest BCUT2D eigenvalue weighted by molar-refractivity contribution is -0.133. The average molecular weight is 310 g/mol. The molecule has 1 amide bonds. The van der Waals surface area contributed by atoms with Crippen molar-refractivity contribution in [3.63, 3.8) is 0 Å². The Morgan fingerprint density at radius 3 is 2.48 bits per heavy atom. The minimum absolute atomic E-state index is 0.294. The van der Waals surface area contributed by atoms with Crippen LogP contribution < -0.4 is 4.74 Å². The third kappa shape index (κ3) is 5.24. The maximum atomic E-state index is 12.0. The zero-order valence-corrected chi connectivity index (χ0v) is 13.6. The highest BCUT2D eigenvalue weighted by Crippen LogP contribution is 2.21. The average Bonchev–Trinajstić information content (AvgIpc) is 2.46. The van der Waals surface area contributed by atoms with Crippen LogP contribution in [0.5, 0.6) is 5.75 Å². The predicted octanol–water partition coefficient (Wildman–Crippen LogP) is 4.00. The first-order valence-electron chi connectivity index (χ1n) is 7.70. The van der Waals surface area contributed by atoms with Crippen LogP contribution in [0, 0.1) is 11.8 Å². The van der Waals surface area contributed by atoms with Crippen molar-refractivity contribution in [2.24, 2.45) is 11.8 Å². The predicted molar refractivity (Wildman–Crippen MR) is 85.7 cm³/mol. The Kier molecular flexibility index (Phi) is 5.92. The molecular formula is C17H24ClNO2. The number of carbonyl (C=O) groups is 1. The highest BCUT2D eigenvalue weighted by molar-refractivity contribution is 6.30. The van der Waals surface area contributed by atoms with Crippen molar-refractivity contribution in [2.45, 2.75) is 33.1 Å². The molecule has 1 saturated heterocycles. The molecule has 0 unspecified atom stereocenters. The van der Waals surface area contributed by atoms with Gasteiger partial charge in [-0.3, -0.25) is 4.79 Å². The van der Waals surface area contributed by atoms with Crippen molar-refractivity contribution in [1.82, 2.24) is 4.90 Å². The Bertz CT molecular complexity index is 450. The number of piperidine rings is 1. The summed E-state index contributed by atoms with van der Waals surface area (Å²) in [6.07, 6.45) is 2.71. The standard InChI is InChI=1S/C17H24ClNO2/c1-13(2)11-17(20)19-9-7-14(8-10-19)12-21-16-5-3-15(18)4-6-16/h3-6,13-14H,7-12H2,1-2H3. The summed E-state index contributed by atoms with van der Waals surface area (Å²) in [6, 6.07) is 7.46. The largest absolute Gasteiger partial charge is 0.493 e. The molecule has 4 heteroatoms. The monoisotopic (exact) mass is 309 g/mol. The van der Waals surface area contributed by atoms with Crippen LogP contribution in [0.2, 0.25) is 5.02 Å². The van der Waals surface area contributed by atoms with E-state index in [0.717, 1.165) is 36.7 Å². The number of hydrogen-bond acceptors (Lipinski definition) is 2. The summed E-state index contributed by atoms with van der Waals surface area (Å²) >= 11 is 5.85. The van der Waals surface area contributed by atoms with Gasteiger partial charge in [-0.05, 0) is 48.9 Å². The van der Waals surface area contributed by atoms with E-state index < -0.39 is 0 Å². The van der Waals surface area contributed by atoms with Gasteiger partial charge in [-0.1, -0.05) is 25.4 Å². The fraction of sp³-hybridized carbons (Fsp3) is 0.588. The van der Waals surface area contributed by atoms with E-state index in [-0.39, 0.29) is 0 Å². The zero-order valence-electron chi connectivity index (χ0n) is 12.8. The van der Waals surface area contributed by atoms with Gasteiger partial charge in [0.15, 0.2) is 0 Å². The minimum Gasteiger partial charge on any atom is -0.493 e. The van der Waals surface area contributed by atoms with E-state index in [1.165, 1.54) is 0 Å². The van der Waals surface area contributed by atoms with Crippen LogP contribution in [-0.2, 0) is 4.79 Å². The highest BCUT2D eigenvalue weighted by atomic mass is 35.5. The Morgan fingerprint density at radius 1 is 1.29 bits per heavy atom. The van der Waals surface area contributed by atoms with Gasteiger partial charge in [0.2, 0.25) is 5.91 Å². The molecule has 1 heterocycles. The van der Waals surface area contributed by atoms with Crippen LogP contribution >= 0.6 is 11.6 Å². The number of carbonyl (C=O) groups excluding carboxylic acids is 1. The molecule has 2 rings (SSSR count). The molecule has 1 aliphatic rings. The van der Waals surface area contributed by atoms with Gasteiger partial charge in [0, 0.05) is 24.5 Å². The SMILES string of the molecule is CC(C)CC(=O)N1CCC(COc2ccc(Cl)cc2)CC1. The van der Waals surface area contributed by atoms with E-state index in [4.69, 9.17) is 16.3 Å². The van der Waals surface area contributed by atoms with Crippen LogP contribution in [0.4, 0.5) is 0 Å². The third-order valence-electron chi connectivity index (χ3n) is 3.85. The van der Waals surface area contributed by atoms with Crippen molar-refractivity contribution in [3.8, 4) is 5.75 Å². The van der Waals surface area contributed by atoms with Gasteiger partial charge in [-0.15, -0.1) is 0 Å². The summed E-state index contributed by atoms with van der Waals surface area (Å²) in [5, 5.41) is 0.722. The van der Waals surface area contributed by atoms with Crippen molar-refractivity contribution < 1.29 is 9.53 Å². The summed E-state index contributed by atoms with van der Waals surface area (Å²) in [5.41, 5.74) is 0. The lowest BCUT2D eigenvalue weighted by Gasteiger charge is -2.32. The van der Waals surface area contributed by atoms with Gasteiger partial charge < -0.3 is 9.64 Å². The molecule has 116 valence electrons. The molecule has 0 saturated carbocycles. The quantitative estimate of drug-likeness (QED) is 0.822. The number of nitrogens with zero attached hydrogens (tertiary/aromatic N) is 1. The second-order valence-corrected chi connectivity index (χ2v) is 6.62. The van der Waals surface area contributed by atoms with E-state index in [9.17, 15) is 4.79 Å². The Labute approximate surface area is 132 Å². The third-order valence-corrected chi connectivity index (χ3v) is 4.10. The number of rotatable bonds is 5. The maximum absolute atomic E-state index is 12.0.